The van der Waals surface area contributed by atoms with Crippen molar-refractivity contribution in [3.8, 4) is 5.75 Å². The van der Waals surface area contributed by atoms with Gasteiger partial charge in [0, 0.05) is 0 Å². The fourth-order valence-electron chi connectivity index (χ4n) is 3.29. The summed E-state index contributed by atoms with van der Waals surface area (Å²) in [5.41, 5.74) is 4.12. The molecule has 0 fully saturated rings. The van der Waals surface area contributed by atoms with E-state index in [9.17, 15) is 4.79 Å². The molecule has 3 nitrogen and oxygen atoms in total. The fraction of sp³-hybridized carbons (Fsp3) is 0.381. The van der Waals surface area contributed by atoms with Crippen LogP contribution in [0.2, 0.25) is 0 Å². The Morgan fingerprint density at radius 3 is 2.58 bits per heavy atom. The molecule has 0 aromatic heterocycles. The molecule has 0 bridgehead atoms. The molecule has 0 saturated carbocycles. The molecule has 1 aliphatic carbocycles. The van der Waals surface area contributed by atoms with Crippen LogP contribution in [0.5, 0.6) is 5.75 Å². The van der Waals surface area contributed by atoms with Crippen molar-refractivity contribution in [2.75, 3.05) is 6.61 Å². The average molecular weight is 323 g/mol. The minimum absolute atomic E-state index is 0.0455. The normalized spacial score (nSPS) is 14.5. The first-order valence-electron chi connectivity index (χ1n) is 8.85. The van der Waals surface area contributed by atoms with Crippen molar-refractivity contribution in [3.05, 3.63) is 65.2 Å². The van der Waals surface area contributed by atoms with E-state index in [1.54, 1.807) is 0 Å². The number of fused-ring (bicyclic) bond motifs is 1. The molecule has 3 heteroatoms. The highest BCUT2D eigenvalue weighted by atomic mass is 16.5. The zero-order valence-electron chi connectivity index (χ0n) is 14.3. The van der Waals surface area contributed by atoms with Gasteiger partial charge in [-0.25, -0.2) is 0 Å². The van der Waals surface area contributed by atoms with Crippen LogP contribution in [0.25, 0.3) is 0 Å². The van der Waals surface area contributed by atoms with Gasteiger partial charge in [-0.05, 0) is 60.9 Å². The zero-order chi connectivity index (χ0) is 16.8. The van der Waals surface area contributed by atoms with Gasteiger partial charge in [-0.3, -0.25) is 4.79 Å². The number of para-hydroxylation sites is 1. The molecule has 1 aliphatic rings. The number of carbonyl (C=O) groups excluding carboxylic acids is 1. The lowest BCUT2D eigenvalue weighted by atomic mass is 9.89. The van der Waals surface area contributed by atoms with Crippen LogP contribution in [-0.4, -0.2) is 12.5 Å². The summed E-state index contributed by atoms with van der Waals surface area (Å²) in [6, 6.07) is 16.2. The lowest BCUT2D eigenvalue weighted by Crippen LogP contribution is -2.32. The third-order valence-corrected chi connectivity index (χ3v) is 4.63. The molecule has 0 spiro atoms. The smallest absolute Gasteiger partial charge is 0.258 e. The monoisotopic (exact) mass is 323 g/mol. The molecule has 0 saturated heterocycles. The van der Waals surface area contributed by atoms with E-state index >= 15 is 0 Å². The summed E-state index contributed by atoms with van der Waals surface area (Å²) < 4.78 is 5.53. The van der Waals surface area contributed by atoms with E-state index in [1.165, 1.54) is 36.0 Å². The first-order chi connectivity index (χ1) is 11.8. The Morgan fingerprint density at radius 1 is 1.08 bits per heavy atom. The van der Waals surface area contributed by atoms with E-state index in [1.807, 2.05) is 30.3 Å². The van der Waals surface area contributed by atoms with E-state index in [2.05, 4.69) is 30.4 Å². The number of benzene rings is 2. The van der Waals surface area contributed by atoms with Crippen LogP contribution in [0.15, 0.2) is 48.5 Å². The number of ether oxygens (including phenoxy) is 1. The van der Waals surface area contributed by atoms with Crippen molar-refractivity contribution in [2.45, 2.75) is 45.1 Å². The SMILES string of the molecule is CC[C@@H](NC(=O)COc1ccccc1)c1ccc2c(c1)CCCC2. The predicted molar refractivity (Wildman–Crippen MR) is 96.2 cm³/mol. The lowest BCUT2D eigenvalue weighted by Gasteiger charge is -2.21. The highest BCUT2D eigenvalue weighted by Gasteiger charge is 2.16. The average Bonchev–Trinajstić information content (AvgIpc) is 2.65. The highest BCUT2D eigenvalue weighted by Crippen LogP contribution is 2.26. The first kappa shape index (κ1) is 16.6. The Bertz CT molecular complexity index is 681. The lowest BCUT2D eigenvalue weighted by molar-refractivity contribution is -0.123. The Kier molecular flexibility index (Phi) is 5.52. The van der Waals surface area contributed by atoms with Crippen LogP contribution in [-0.2, 0) is 17.6 Å². The maximum absolute atomic E-state index is 12.2. The molecule has 24 heavy (non-hydrogen) atoms. The molecule has 0 aliphatic heterocycles. The van der Waals surface area contributed by atoms with E-state index in [4.69, 9.17) is 4.74 Å². The Hall–Kier alpha value is -2.29. The van der Waals surface area contributed by atoms with Crippen LogP contribution in [0.1, 0.15) is 48.9 Å². The molecule has 0 unspecified atom stereocenters. The van der Waals surface area contributed by atoms with Crippen LogP contribution < -0.4 is 10.1 Å². The molecule has 1 atom stereocenters. The van der Waals surface area contributed by atoms with Gasteiger partial charge >= 0.3 is 0 Å². The molecule has 2 aromatic carbocycles. The van der Waals surface area contributed by atoms with Crippen LogP contribution in [0.3, 0.4) is 0 Å². The third-order valence-electron chi connectivity index (χ3n) is 4.63. The van der Waals surface area contributed by atoms with Crippen molar-refractivity contribution in [2.24, 2.45) is 0 Å². The zero-order valence-corrected chi connectivity index (χ0v) is 14.3. The Morgan fingerprint density at radius 2 is 1.83 bits per heavy atom. The first-order valence-corrected chi connectivity index (χ1v) is 8.85. The largest absolute Gasteiger partial charge is 0.484 e. The quantitative estimate of drug-likeness (QED) is 0.865. The van der Waals surface area contributed by atoms with E-state index < -0.39 is 0 Å². The van der Waals surface area contributed by atoms with E-state index in [0.29, 0.717) is 0 Å². The summed E-state index contributed by atoms with van der Waals surface area (Å²) >= 11 is 0. The Labute approximate surface area is 144 Å². The van der Waals surface area contributed by atoms with E-state index in [0.717, 1.165) is 18.6 Å². The van der Waals surface area contributed by atoms with Gasteiger partial charge in [0.25, 0.3) is 5.91 Å². The van der Waals surface area contributed by atoms with Crippen molar-refractivity contribution < 1.29 is 9.53 Å². The number of hydrogen-bond donors (Lipinski definition) is 1. The van der Waals surface area contributed by atoms with Gasteiger partial charge in [0.15, 0.2) is 6.61 Å². The molecule has 3 rings (SSSR count). The summed E-state index contributed by atoms with van der Waals surface area (Å²) in [5.74, 6) is 0.637. The molecule has 0 heterocycles. The van der Waals surface area contributed by atoms with Gasteiger partial charge in [0.1, 0.15) is 5.75 Å². The van der Waals surface area contributed by atoms with Crippen molar-refractivity contribution in [3.63, 3.8) is 0 Å². The molecule has 1 N–H and O–H groups in total. The third kappa shape index (κ3) is 4.16. The van der Waals surface area contributed by atoms with Gasteiger partial charge in [0.05, 0.1) is 6.04 Å². The second kappa shape index (κ2) is 8.00. The van der Waals surface area contributed by atoms with Gasteiger partial charge in [-0.1, -0.05) is 43.3 Å². The summed E-state index contributed by atoms with van der Waals surface area (Å²) in [6.45, 7) is 2.15. The topological polar surface area (TPSA) is 38.3 Å². The van der Waals surface area contributed by atoms with Gasteiger partial charge in [0.2, 0.25) is 0 Å². The minimum Gasteiger partial charge on any atom is -0.484 e. The van der Waals surface area contributed by atoms with Crippen LogP contribution in [0, 0.1) is 0 Å². The van der Waals surface area contributed by atoms with E-state index in [-0.39, 0.29) is 18.6 Å². The van der Waals surface area contributed by atoms with Crippen LogP contribution >= 0.6 is 0 Å². The number of amides is 1. The number of aryl methyl sites for hydroxylation is 2. The molecule has 126 valence electrons. The molecule has 2 aromatic rings. The molecule has 0 radical (unpaired) electrons. The summed E-state index contributed by atoms with van der Waals surface area (Å²) in [6.07, 6.45) is 5.77. The number of hydrogen-bond acceptors (Lipinski definition) is 2. The fourth-order valence-corrected chi connectivity index (χ4v) is 3.29. The Balaban J connectivity index is 1.60. The minimum atomic E-state index is -0.0802. The van der Waals surface area contributed by atoms with Crippen LogP contribution in [0.4, 0.5) is 0 Å². The second-order valence-electron chi connectivity index (χ2n) is 6.37. The predicted octanol–water partition coefficient (Wildman–Crippen LogP) is 4.21. The molecular weight excluding hydrogens is 298 g/mol. The second-order valence-corrected chi connectivity index (χ2v) is 6.37. The maximum atomic E-state index is 12.2. The van der Waals surface area contributed by atoms with Crippen molar-refractivity contribution in [1.29, 1.82) is 0 Å². The number of nitrogens with one attached hydrogen (secondary N) is 1. The summed E-state index contributed by atoms with van der Waals surface area (Å²) in [7, 11) is 0. The molecular formula is C21H25NO2. The molecule has 1 amide bonds. The maximum Gasteiger partial charge on any atom is 0.258 e. The van der Waals surface area contributed by atoms with Crippen molar-refractivity contribution >= 4 is 5.91 Å². The highest BCUT2D eigenvalue weighted by molar-refractivity contribution is 5.78. The summed E-state index contributed by atoms with van der Waals surface area (Å²) in [4.78, 5) is 12.2. The van der Waals surface area contributed by atoms with Gasteiger partial charge in [-0.15, -0.1) is 0 Å². The van der Waals surface area contributed by atoms with Gasteiger partial charge < -0.3 is 10.1 Å². The van der Waals surface area contributed by atoms with Crippen molar-refractivity contribution in [1.82, 2.24) is 5.32 Å². The number of carbonyl (C=O) groups is 1. The van der Waals surface area contributed by atoms with Gasteiger partial charge in [-0.2, -0.15) is 0 Å². The standard InChI is InChI=1S/C21H25NO2/c1-2-20(18-13-12-16-8-6-7-9-17(16)14-18)22-21(23)15-24-19-10-4-3-5-11-19/h3-5,10-14,20H,2,6-9,15H2,1H3,(H,22,23)/t20-/m1/s1. The number of rotatable bonds is 6. The summed E-state index contributed by atoms with van der Waals surface area (Å²) in [5, 5.41) is 3.10.